The van der Waals surface area contributed by atoms with Crippen molar-refractivity contribution < 1.29 is 14.3 Å². The summed E-state index contributed by atoms with van der Waals surface area (Å²) < 4.78 is 6.69. The minimum atomic E-state index is -0.425. The predicted molar refractivity (Wildman–Crippen MR) is 99.9 cm³/mol. The summed E-state index contributed by atoms with van der Waals surface area (Å²) in [6.07, 6.45) is 1.82. The van der Waals surface area contributed by atoms with Crippen LogP contribution in [0.15, 0.2) is 53.7 Å². The summed E-state index contributed by atoms with van der Waals surface area (Å²) >= 11 is 0. The van der Waals surface area contributed by atoms with E-state index in [1.165, 1.54) is 11.5 Å². The van der Waals surface area contributed by atoms with Crippen LogP contribution in [0.3, 0.4) is 0 Å². The van der Waals surface area contributed by atoms with Crippen LogP contribution in [0.5, 0.6) is 5.75 Å². The van der Waals surface area contributed by atoms with Gasteiger partial charge in [0, 0.05) is 19.2 Å². The van der Waals surface area contributed by atoms with Gasteiger partial charge in [0.2, 0.25) is 11.8 Å². The topological polar surface area (TPSA) is 72.7 Å². The van der Waals surface area contributed by atoms with Gasteiger partial charge in [0.15, 0.2) is 0 Å². The van der Waals surface area contributed by atoms with Crippen LogP contribution in [-0.4, -0.2) is 29.5 Å². The van der Waals surface area contributed by atoms with Crippen molar-refractivity contribution in [1.29, 1.82) is 0 Å². The van der Waals surface area contributed by atoms with Crippen molar-refractivity contribution in [3.63, 3.8) is 0 Å². The van der Waals surface area contributed by atoms with Gasteiger partial charge >= 0.3 is 0 Å². The van der Waals surface area contributed by atoms with Crippen LogP contribution in [0.25, 0.3) is 0 Å². The van der Waals surface area contributed by atoms with E-state index in [-0.39, 0.29) is 24.3 Å². The molecule has 26 heavy (non-hydrogen) atoms. The van der Waals surface area contributed by atoms with Gasteiger partial charge in [-0.05, 0) is 43.7 Å². The highest BCUT2D eigenvalue weighted by Gasteiger charge is 2.18. The minimum Gasteiger partial charge on any atom is -0.497 e. The first-order chi connectivity index (χ1) is 12.4. The summed E-state index contributed by atoms with van der Waals surface area (Å²) in [6.45, 7) is 5.36. The Hall–Kier alpha value is -2.89. The minimum absolute atomic E-state index is 0.0733. The van der Waals surface area contributed by atoms with E-state index < -0.39 is 6.04 Å². The maximum atomic E-state index is 12.9. The molecule has 1 N–H and O–H groups in total. The van der Waals surface area contributed by atoms with Crippen molar-refractivity contribution >= 4 is 11.8 Å². The molecule has 0 aliphatic heterocycles. The van der Waals surface area contributed by atoms with E-state index in [9.17, 15) is 9.59 Å². The monoisotopic (exact) mass is 355 g/mol. The molecule has 1 amide bonds. The quantitative estimate of drug-likeness (QED) is 0.866. The average molecular weight is 355 g/mol. The van der Waals surface area contributed by atoms with Crippen molar-refractivity contribution in [2.45, 2.75) is 39.3 Å². The fourth-order valence-electron chi connectivity index (χ4n) is 2.62. The molecule has 1 aromatic carbocycles. The van der Waals surface area contributed by atoms with Crippen LogP contribution in [-0.2, 0) is 4.79 Å². The second-order valence-electron chi connectivity index (χ2n) is 6.28. The molecule has 0 aliphatic rings. The number of carbonyl (C=O) groups excluding carboxylic acids is 2. The molecule has 6 heteroatoms. The molecule has 1 unspecified atom stereocenters. The number of carbonyl (C=O) groups is 2. The van der Waals surface area contributed by atoms with Crippen LogP contribution < -0.4 is 15.5 Å². The Bertz CT molecular complexity index is 823. The Balaban J connectivity index is 2.31. The molecule has 0 spiro atoms. The van der Waals surface area contributed by atoms with E-state index >= 15 is 0 Å². The van der Waals surface area contributed by atoms with Crippen LogP contribution in [0, 0.1) is 0 Å². The first-order valence-electron chi connectivity index (χ1n) is 8.56. The molecule has 1 aromatic heterocycles. The molecule has 2 aromatic rings. The van der Waals surface area contributed by atoms with Crippen LogP contribution >= 0.6 is 0 Å². The number of amides is 1. The number of ether oxygens (including phenoxy) is 1. The average Bonchev–Trinajstić information content (AvgIpc) is 2.60. The molecule has 0 fully saturated rings. The SMILES string of the molecule is COc1ccc(C(CC(=O)n2ccccc2=NC(C)C)NC(C)=O)cc1. The van der Waals surface area contributed by atoms with E-state index in [1.54, 1.807) is 25.4 Å². The number of hydrogen-bond donors (Lipinski definition) is 1. The lowest BCUT2D eigenvalue weighted by molar-refractivity contribution is -0.119. The van der Waals surface area contributed by atoms with Gasteiger partial charge in [0.1, 0.15) is 11.2 Å². The van der Waals surface area contributed by atoms with E-state index in [1.807, 2.05) is 44.2 Å². The van der Waals surface area contributed by atoms with Crippen molar-refractivity contribution in [3.05, 3.63) is 59.7 Å². The Morgan fingerprint density at radius 2 is 1.85 bits per heavy atom. The van der Waals surface area contributed by atoms with E-state index in [0.717, 1.165) is 11.3 Å². The summed E-state index contributed by atoms with van der Waals surface area (Å²) in [5, 5.41) is 2.85. The van der Waals surface area contributed by atoms with Gasteiger partial charge in [-0.2, -0.15) is 0 Å². The summed E-state index contributed by atoms with van der Waals surface area (Å²) in [7, 11) is 1.59. The van der Waals surface area contributed by atoms with Gasteiger partial charge in [-0.15, -0.1) is 0 Å². The lowest BCUT2D eigenvalue weighted by Gasteiger charge is -2.19. The highest BCUT2D eigenvalue weighted by molar-refractivity contribution is 5.81. The van der Waals surface area contributed by atoms with Gasteiger partial charge in [-0.25, -0.2) is 0 Å². The third-order valence-corrected chi connectivity index (χ3v) is 3.77. The summed E-state index contributed by atoms with van der Waals surface area (Å²) in [5.74, 6) is 0.389. The zero-order chi connectivity index (χ0) is 19.1. The van der Waals surface area contributed by atoms with Gasteiger partial charge < -0.3 is 10.1 Å². The fraction of sp³-hybridized carbons (Fsp3) is 0.350. The van der Waals surface area contributed by atoms with Crippen molar-refractivity contribution in [2.75, 3.05) is 7.11 Å². The van der Waals surface area contributed by atoms with Crippen molar-refractivity contribution in [2.24, 2.45) is 4.99 Å². The maximum absolute atomic E-state index is 12.9. The molecular formula is C20H25N3O3. The fourth-order valence-corrected chi connectivity index (χ4v) is 2.62. The molecule has 1 atom stereocenters. The molecule has 0 aliphatic carbocycles. The number of benzene rings is 1. The first-order valence-corrected chi connectivity index (χ1v) is 8.56. The number of hydrogen-bond acceptors (Lipinski definition) is 4. The number of aromatic nitrogens is 1. The molecule has 2 rings (SSSR count). The molecule has 6 nitrogen and oxygen atoms in total. The molecule has 0 radical (unpaired) electrons. The van der Waals surface area contributed by atoms with Gasteiger partial charge in [-0.1, -0.05) is 18.2 Å². The number of rotatable bonds is 6. The molecule has 1 heterocycles. The molecule has 0 bridgehead atoms. The van der Waals surface area contributed by atoms with Crippen molar-refractivity contribution in [3.8, 4) is 5.75 Å². The zero-order valence-corrected chi connectivity index (χ0v) is 15.6. The second-order valence-corrected chi connectivity index (χ2v) is 6.28. The Morgan fingerprint density at radius 1 is 1.15 bits per heavy atom. The smallest absolute Gasteiger partial charge is 0.234 e. The molecule has 0 saturated carbocycles. The summed E-state index contributed by atoms with van der Waals surface area (Å²) in [4.78, 5) is 29.0. The molecule has 0 saturated heterocycles. The number of nitrogens with zero attached hydrogens (tertiary/aromatic N) is 2. The highest BCUT2D eigenvalue weighted by Crippen LogP contribution is 2.21. The third kappa shape index (κ3) is 5.31. The zero-order valence-electron chi connectivity index (χ0n) is 15.6. The van der Waals surface area contributed by atoms with Gasteiger partial charge in [0.05, 0.1) is 19.6 Å². The first kappa shape index (κ1) is 19.4. The standard InChI is InChI=1S/C20H25N3O3/c1-14(2)21-19-7-5-6-12-23(19)20(25)13-18(22-15(3)24)16-8-10-17(26-4)11-9-16/h5-12,14,18H,13H2,1-4H3,(H,22,24). The van der Waals surface area contributed by atoms with E-state index in [4.69, 9.17) is 4.74 Å². The van der Waals surface area contributed by atoms with E-state index in [2.05, 4.69) is 10.3 Å². The lowest BCUT2D eigenvalue weighted by Crippen LogP contribution is -2.33. The van der Waals surface area contributed by atoms with Crippen LogP contribution in [0.1, 0.15) is 43.6 Å². The molecule has 138 valence electrons. The maximum Gasteiger partial charge on any atom is 0.234 e. The normalized spacial score (nSPS) is 12.7. The Labute approximate surface area is 153 Å². The van der Waals surface area contributed by atoms with Crippen molar-refractivity contribution in [1.82, 2.24) is 9.88 Å². The lowest BCUT2D eigenvalue weighted by atomic mass is 10.0. The summed E-state index contributed by atoms with van der Waals surface area (Å²) in [5.41, 5.74) is 1.44. The number of nitrogens with one attached hydrogen (secondary N) is 1. The second kappa shape index (κ2) is 8.99. The van der Waals surface area contributed by atoms with Gasteiger partial charge in [0.25, 0.3) is 0 Å². The number of pyridine rings is 1. The summed E-state index contributed by atoms with van der Waals surface area (Å²) in [6, 6.07) is 12.4. The van der Waals surface area contributed by atoms with Crippen LogP contribution in [0.2, 0.25) is 0 Å². The van der Waals surface area contributed by atoms with E-state index in [0.29, 0.717) is 5.49 Å². The highest BCUT2D eigenvalue weighted by atomic mass is 16.5. The van der Waals surface area contributed by atoms with Crippen LogP contribution in [0.4, 0.5) is 0 Å². The Kier molecular flexibility index (Phi) is 6.72. The molecular weight excluding hydrogens is 330 g/mol. The predicted octanol–water partition coefficient (Wildman–Crippen LogP) is 2.71. The number of methoxy groups -OCH3 is 1. The van der Waals surface area contributed by atoms with Gasteiger partial charge in [-0.3, -0.25) is 19.1 Å². The Morgan fingerprint density at radius 3 is 2.42 bits per heavy atom. The largest absolute Gasteiger partial charge is 0.497 e. The third-order valence-electron chi connectivity index (χ3n) is 3.77.